The molecule has 1 amide bonds. The largest absolute Gasteiger partial charge is 0.416 e. The second-order valence-electron chi connectivity index (χ2n) is 10.8. The van der Waals surface area contributed by atoms with Crippen LogP contribution in [0.5, 0.6) is 0 Å². The molecular formula is C33H32F5N3O. The fraction of sp³-hybridized carbons (Fsp3) is 0.333. The van der Waals surface area contributed by atoms with Crippen molar-refractivity contribution in [3.63, 3.8) is 0 Å². The molecule has 5 rings (SSSR count). The number of nitrogens with zero attached hydrogens (tertiary/aromatic N) is 3. The van der Waals surface area contributed by atoms with Gasteiger partial charge in [0.1, 0.15) is 17.5 Å². The first-order chi connectivity index (χ1) is 20.1. The van der Waals surface area contributed by atoms with Crippen LogP contribution in [0.2, 0.25) is 0 Å². The van der Waals surface area contributed by atoms with Crippen molar-refractivity contribution in [1.29, 1.82) is 0 Å². The van der Waals surface area contributed by atoms with E-state index in [1.807, 2.05) is 0 Å². The predicted molar refractivity (Wildman–Crippen MR) is 152 cm³/mol. The number of halogens is 5. The summed E-state index contributed by atoms with van der Waals surface area (Å²) in [4.78, 5) is 23.0. The molecule has 1 fully saturated rings. The van der Waals surface area contributed by atoms with E-state index in [1.54, 1.807) is 23.1 Å². The van der Waals surface area contributed by atoms with Crippen LogP contribution in [0.4, 0.5) is 22.0 Å². The normalized spacial score (nSPS) is 17.9. The Balaban J connectivity index is 1.26. The molecule has 220 valence electrons. The summed E-state index contributed by atoms with van der Waals surface area (Å²) in [5.41, 5.74) is -0.180. The van der Waals surface area contributed by atoms with Crippen LogP contribution in [0.1, 0.15) is 53.9 Å². The number of alkyl halides is 3. The van der Waals surface area contributed by atoms with E-state index in [9.17, 15) is 26.7 Å². The van der Waals surface area contributed by atoms with Gasteiger partial charge in [0.25, 0.3) is 5.91 Å². The van der Waals surface area contributed by atoms with Gasteiger partial charge in [0.15, 0.2) is 5.54 Å². The number of rotatable bonds is 9. The van der Waals surface area contributed by atoms with Gasteiger partial charge in [0.2, 0.25) is 0 Å². The summed E-state index contributed by atoms with van der Waals surface area (Å²) in [5.74, 6) is -0.398. The summed E-state index contributed by atoms with van der Waals surface area (Å²) in [6.07, 6.45) is 0.0537. The molecule has 42 heavy (non-hydrogen) atoms. The number of aliphatic imine (C=N–C) groups is 1. The minimum atomic E-state index is -4.34. The topological polar surface area (TPSA) is 35.9 Å². The van der Waals surface area contributed by atoms with Crippen molar-refractivity contribution in [2.75, 3.05) is 26.2 Å². The molecule has 0 N–H and O–H groups in total. The van der Waals surface area contributed by atoms with Crippen molar-refractivity contribution in [3.8, 4) is 0 Å². The van der Waals surface area contributed by atoms with Gasteiger partial charge < -0.3 is 4.90 Å². The van der Waals surface area contributed by atoms with Crippen LogP contribution >= 0.6 is 0 Å². The molecule has 3 aromatic carbocycles. The van der Waals surface area contributed by atoms with E-state index in [1.165, 1.54) is 48.5 Å². The van der Waals surface area contributed by atoms with E-state index in [0.29, 0.717) is 36.3 Å². The number of hydrogen-bond donors (Lipinski definition) is 0. The summed E-state index contributed by atoms with van der Waals surface area (Å²) < 4.78 is 66.3. The molecule has 0 unspecified atom stereocenters. The average molecular weight is 582 g/mol. The summed E-state index contributed by atoms with van der Waals surface area (Å²) in [6, 6.07) is 16.7. The smallest absolute Gasteiger partial charge is 0.303 e. The summed E-state index contributed by atoms with van der Waals surface area (Å²) in [7, 11) is 0. The lowest BCUT2D eigenvalue weighted by Crippen LogP contribution is -2.43. The highest BCUT2D eigenvalue weighted by Crippen LogP contribution is 2.41. The lowest BCUT2D eigenvalue weighted by Gasteiger charge is -2.33. The van der Waals surface area contributed by atoms with Gasteiger partial charge in [-0.25, -0.2) is 13.8 Å². The maximum absolute atomic E-state index is 14.2. The van der Waals surface area contributed by atoms with Crippen LogP contribution in [-0.4, -0.2) is 47.7 Å². The van der Waals surface area contributed by atoms with Gasteiger partial charge in [-0.15, -0.1) is 6.58 Å². The Morgan fingerprint density at radius 1 is 0.857 bits per heavy atom. The van der Waals surface area contributed by atoms with Crippen molar-refractivity contribution in [2.45, 2.75) is 43.3 Å². The Kier molecular flexibility index (Phi) is 8.59. The standard InChI is InChI=1S/C33H32F5N3O/c1-2-4-30-39-32(25-9-13-28(34)14-10-25,26-11-15-29(35)16-12-26)31(42)41(30)20-3-19-40-21-17-24(18-22-40)23-5-7-27(8-6-23)33(36,37)38/h2,5-16,24H,1,3-4,17-22H2. The number of piperidine rings is 1. The first-order valence-electron chi connectivity index (χ1n) is 14.0. The van der Waals surface area contributed by atoms with Gasteiger partial charge in [-0.3, -0.25) is 9.69 Å². The quantitative estimate of drug-likeness (QED) is 0.196. The van der Waals surface area contributed by atoms with Crippen molar-refractivity contribution >= 4 is 11.7 Å². The van der Waals surface area contributed by atoms with Crippen LogP contribution in [0.3, 0.4) is 0 Å². The number of benzene rings is 3. The van der Waals surface area contributed by atoms with Gasteiger partial charge in [-0.05, 0) is 97.9 Å². The predicted octanol–water partition coefficient (Wildman–Crippen LogP) is 7.31. The molecule has 0 bridgehead atoms. The molecule has 0 aliphatic carbocycles. The van der Waals surface area contributed by atoms with Crippen LogP contribution in [-0.2, 0) is 16.5 Å². The van der Waals surface area contributed by atoms with Crippen LogP contribution in [0, 0.1) is 11.6 Å². The van der Waals surface area contributed by atoms with Crippen molar-refractivity contribution in [1.82, 2.24) is 9.80 Å². The molecule has 2 aliphatic rings. The Morgan fingerprint density at radius 3 is 1.90 bits per heavy atom. The summed E-state index contributed by atoms with van der Waals surface area (Å²) in [6.45, 7) is 6.59. The monoisotopic (exact) mass is 581 g/mol. The van der Waals surface area contributed by atoms with Gasteiger partial charge >= 0.3 is 6.18 Å². The van der Waals surface area contributed by atoms with E-state index < -0.39 is 28.9 Å². The van der Waals surface area contributed by atoms with Gasteiger partial charge in [0.05, 0.1) is 5.56 Å². The van der Waals surface area contributed by atoms with Gasteiger partial charge in [0, 0.05) is 13.0 Å². The Labute approximate surface area is 242 Å². The maximum atomic E-state index is 14.2. The van der Waals surface area contributed by atoms with E-state index in [4.69, 9.17) is 4.99 Å². The zero-order chi connectivity index (χ0) is 29.9. The number of amides is 1. The maximum Gasteiger partial charge on any atom is 0.416 e. The van der Waals surface area contributed by atoms with Gasteiger partial charge in [-0.2, -0.15) is 13.2 Å². The van der Waals surface area contributed by atoms with Crippen molar-refractivity contribution < 1.29 is 26.7 Å². The third-order valence-electron chi connectivity index (χ3n) is 8.17. The lowest BCUT2D eigenvalue weighted by atomic mass is 9.82. The zero-order valence-electron chi connectivity index (χ0n) is 23.1. The second kappa shape index (κ2) is 12.2. The van der Waals surface area contributed by atoms with Crippen molar-refractivity contribution in [3.05, 3.63) is 119 Å². The molecule has 0 saturated carbocycles. The fourth-order valence-electron chi connectivity index (χ4n) is 5.94. The molecule has 9 heteroatoms. The highest BCUT2D eigenvalue weighted by atomic mass is 19.4. The van der Waals surface area contributed by atoms with Crippen LogP contribution in [0.15, 0.2) is 90.4 Å². The average Bonchev–Trinajstić information content (AvgIpc) is 3.25. The molecule has 0 radical (unpaired) electrons. The molecule has 0 spiro atoms. The minimum Gasteiger partial charge on any atom is -0.303 e. The highest BCUT2D eigenvalue weighted by Gasteiger charge is 2.50. The number of carbonyl (C=O) groups excluding carboxylic acids is 1. The Morgan fingerprint density at radius 2 is 1.40 bits per heavy atom. The molecule has 2 aliphatic heterocycles. The summed E-state index contributed by atoms with van der Waals surface area (Å²) >= 11 is 0. The van der Waals surface area contributed by atoms with Gasteiger partial charge in [-0.1, -0.05) is 42.5 Å². The lowest BCUT2D eigenvalue weighted by molar-refractivity contribution is -0.137. The first kappa shape index (κ1) is 29.6. The highest BCUT2D eigenvalue weighted by molar-refractivity contribution is 6.10. The third-order valence-corrected chi connectivity index (χ3v) is 8.17. The SMILES string of the molecule is C=CCC1=NC(c2ccc(F)cc2)(c2ccc(F)cc2)C(=O)N1CCCN1CCC(c2ccc(C(F)(F)F)cc2)CC1. The molecule has 1 saturated heterocycles. The third kappa shape index (κ3) is 6.02. The molecule has 4 nitrogen and oxygen atoms in total. The van der Waals surface area contributed by atoms with E-state index in [0.717, 1.165) is 50.2 Å². The molecule has 2 heterocycles. The number of hydrogen-bond acceptors (Lipinski definition) is 3. The number of likely N-dealkylation sites (tertiary alicyclic amines) is 1. The van der Waals surface area contributed by atoms with Crippen LogP contribution < -0.4 is 0 Å². The molecule has 0 aromatic heterocycles. The summed E-state index contributed by atoms with van der Waals surface area (Å²) in [5, 5.41) is 0. The molecular weight excluding hydrogens is 549 g/mol. The fourth-order valence-corrected chi connectivity index (χ4v) is 5.94. The molecule has 3 aromatic rings. The number of amidine groups is 1. The second-order valence-corrected chi connectivity index (χ2v) is 10.8. The van der Waals surface area contributed by atoms with E-state index in [2.05, 4.69) is 11.5 Å². The zero-order valence-corrected chi connectivity index (χ0v) is 23.1. The minimum absolute atomic E-state index is 0.210. The Hall–Kier alpha value is -3.85. The first-order valence-corrected chi connectivity index (χ1v) is 14.0. The van der Waals surface area contributed by atoms with Crippen LogP contribution in [0.25, 0.3) is 0 Å². The number of carbonyl (C=O) groups is 1. The Bertz CT molecular complexity index is 1380. The van der Waals surface area contributed by atoms with E-state index >= 15 is 0 Å². The van der Waals surface area contributed by atoms with Crippen molar-refractivity contribution in [2.24, 2.45) is 4.99 Å². The van der Waals surface area contributed by atoms with E-state index in [-0.39, 0.29) is 11.8 Å². The molecule has 0 atom stereocenters.